The molecule has 3 rings (SSSR count). The van der Waals surface area contributed by atoms with Gasteiger partial charge in [0.05, 0.1) is 17.7 Å². The summed E-state index contributed by atoms with van der Waals surface area (Å²) in [5.74, 6) is 1.52. The first-order valence-electron chi connectivity index (χ1n) is 6.02. The van der Waals surface area contributed by atoms with E-state index in [0.29, 0.717) is 12.4 Å². The molecule has 0 radical (unpaired) electrons. The summed E-state index contributed by atoms with van der Waals surface area (Å²) in [4.78, 5) is 13.5. The maximum absolute atomic E-state index is 5.86. The Morgan fingerprint density at radius 1 is 1.37 bits per heavy atom. The average molecular weight is 293 g/mol. The summed E-state index contributed by atoms with van der Waals surface area (Å²) in [5.41, 5.74) is 5.81. The number of rotatable bonds is 4. The lowest BCUT2D eigenvalue weighted by Crippen LogP contribution is -2.06. The van der Waals surface area contributed by atoms with Crippen LogP contribution in [0.5, 0.6) is 0 Å². The van der Waals surface area contributed by atoms with Crippen LogP contribution >= 0.6 is 22.9 Å². The number of imidazole rings is 1. The van der Waals surface area contributed by atoms with E-state index in [4.69, 9.17) is 11.6 Å². The van der Waals surface area contributed by atoms with Crippen LogP contribution in [0.15, 0.2) is 23.2 Å². The molecule has 0 saturated carbocycles. The summed E-state index contributed by atoms with van der Waals surface area (Å²) >= 11 is 7.46. The predicted octanol–water partition coefficient (Wildman–Crippen LogP) is 3.03. The summed E-state index contributed by atoms with van der Waals surface area (Å²) in [6.45, 7) is 2.72. The number of aromatic nitrogens is 4. The third kappa shape index (κ3) is 2.48. The molecule has 0 aliphatic heterocycles. The molecule has 0 fully saturated rings. The van der Waals surface area contributed by atoms with Crippen LogP contribution in [0.4, 0.5) is 0 Å². The predicted molar refractivity (Wildman–Crippen MR) is 77.9 cm³/mol. The standard InChI is InChI=1S/C13H13ClN4S/c1-9-4-11-13(15-5-9)18(12(17-11)2-3-14)6-10-7-19-8-16-10/h4-5,7-8H,2-3,6H2,1H3. The number of aryl methyl sites for hydroxylation is 2. The van der Waals surface area contributed by atoms with Crippen LogP contribution in [0.3, 0.4) is 0 Å². The molecule has 0 aromatic carbocycles. The summed E-state index contributed by atoms with van der Waals surface area (Å²) in [6, 6.07) is 2.05. The van der Waals surface area contributed by atoms with Gasteiger partial charge in [0, 0.05) is 23.9 Å². The molecule has 3 aromatic rings. The Balaban J connectivity index is 2.10. The van der Waals surface area contributed by atoms with Crippen LogP contribution in [0, 0.1) is 6.92 Å². The lowest BCUT2D eigenvalue weighted by molar-refractivity contribution is 0.735. The van der Waals surface area contributed by atoms with Crippen molar-refractivity contribution in [2.24, 2.45) is 0 Å². The summed E-state index contributed by atoms with van der Waals surface area (Å²) < 4.78 is 2.10. The van der Waals surface area contributed by atoms with Crippen LogP contribution in [-0.2, 0) is 13.0 Å². The van der Waals surface area contributed by atoms with Crippen molar-refractivity contribution >= 4 is 34.1 Å². The van der Waals surface area contributed by atoms with Crippen molar-refractivity contribution in [2.75, 3.05) is 5.88 Å². The highest BCUT2D eigenvalue weighted by Gasteiger charge is 2.12. The number of pyridine rings is 1. The molecule has 0 spiro atoms. The molecule has 3 heterocycles. The number of alkyl halides is 1. The Morgan fingerprint density at radius 3 is 3.00 bits per heavy atom. The van der Waals surface area contributed by atoms with Gasteiger partial charge in [0.1, 0.15) is 11.3 Å². The fraction of sp³-hybridized carbons (Fsp3) is 0.308. The minimum Gasteiger partial charge on any atom is -0.307 e. The Kier molecular flexibility index (Phi) is 3.48. The van der Waals surface area contributed by atoms with Gasteiger partial charge in [0.25, 0.3) is 0 Å². The van der Waals surface area contributed by atoms with Crippen molar-refractivity contribution in [1.82, 2.24) is 19.5 Å². The van der Waals surface area contributed by atoms with E-state index < -0.39 is 0 Å². The van der Waals surface area contributed by atoms with Gasteiger partial charge in [-0.25, -0.2) is 15.0 Å². The molecule has 0 unspecified atom stereocenters. The van der Waals surface area contributed by atoms with E-state index in [1.807, 2.05) is 24.0 Å². The lowest BCUT2D eigenvalue weighted by atomic mass is 10.3. The smallest absolute Gasteiger partial charge is 0.160 e. The summed E-state index contributed by atoms with van der Waals surface area (Å²) in [5, 5.41) is 2.05. The van der Waals surface area contributed by atoms with Crippen LogP contribution in [-0.4, -0.2) is 25.4 Å². The van der Waals surface area contributed by atoms with E-state index in [1.54, 1.807) is 11.3 Å². The van der Waals surface area contributed by atoms with E-state index >= 15 is 0 Å². The van der Waals surface area contributed by atoms with Gasteiger partial charge < -0.3 is 4.57 Å². The second-order valence-corrected chi connectivity index (χ2v) is 5.48. The molecule has 3 aromatic heterocycles. The van der Waals surface area contributed by atoms with E-state index in [9.17, 15) is 0 Å². The molecule has 19 heavy (non-hydrogen) atoms. The van der Waals surface area contributed by atoms with Crippen LogP contribution in [0.25, 0.3) is 11.2 Å². The van der Waals surface area contributed by atoms with Crippen molar-refractivity contribution < 1.29 is 0 Å². The van der Waals surface area contributed by atoms with Gasteiger partial charge in [0.2, 0.25) is 0 Å². The highest BCUT2D eigenvalue weighted by atomic mass is 35.5. The van der Waals surface area contributed by atoms with Crippen molar-refractivity contribution in [3.8, 4) is 0 Å². The van der Waals surface area contributed by atoms with Crippen molar-refractivity contribution in [3.05, 3.63) is 40.2 Å². The zero-order chi connectivity index (χ0) is 13.2. The first-order valence-corrected chi connectivity index (χ1v) is 7.50. The second-order valence-electron chi connectivity index (χ2n) is 4.39. The van der Waals surface area contributed by atoms with Gasteiger partial charge in [-0.05, 0) is 18.6 Å². The minimum absolute atomic E-state index is 0.555. The topological polar surface area (TPSA) is 43.6 Å². The highest BCUT2D eigenvalue weighted by Crippen LogP contribution is 2.18. The second kappa shape index (κ2) is 5.27. The zero-order valence-electron chi connectivity index (χ0n) is 10.5. The molecule has 0 atom stereocenters. The fourth-order valence-electron chi connectivity index (χ4n) is 2.08. The number of hydrogen-bond acceptors (Lipinski definition) is 4. The van der Waals surface area contributed by atoms with Gasteiger partial charge in [0.15, 0.2) is 5.65 Å². The Bertz CT molecular complexity index is 690. The number of hydrogen-bond donors (Lipinski definition) is 0. The zero-order valence-corrected chi connectivity index (χ0v) is 12.1. The first kappa shape index (κ1) is 12.6. The van der Waals surface area contributed by atoms with E-state index in [2.05, 4.69) is 25.6 Å². The van der Waals surface area contributed by atoms with Crippen molar-refractivity contribution in [3.63, 3.8) is 0 Å². The van der Waals surface area contributed by atoms with E-state index in [-0.39, 0.29) is 0 Å². The molecular weight excluding hydrogens is 280 g/mol. The highest BCUT2D eigenvalue weighted by molar-refractivity contribution is 7.07. The SMILES string of the molecule is Cc1cnc2c(c1)nc(CCCl)n2Cc1cscn1. The Labute approximate surface area is 120 Å². The monoisotopic (exact) mass is 292 g/mol. The van der Waals surface area contributed by atoms with Gasteiger partial charge in [-0.2, -0.15) is 0 Å². The van der Waals surface area contributed by atoms with Gasteiger partial charge >= 0.3 is 0 Å². The number of halogens is 1. The van der Waals surface area contributed by atoms with Gasteiger partial charge in [-0.1, -0.05) is 0 Å². The number of nitrogens with zero attached hydrogens (tertiary/aromatic N) is 4. The Hall–Kier alpha value is -1.46. The Morgan fingerprint density at radius 2 is 2.26 bits per heavy atom. The van der Waals surface area contributed by atoms with Gasteiger partial charge in [-0.15, -0.1) is 22.9 Å². The maximum atomic E-state index is 5.86. The van der Waals surface area contributed by atoms with E-state index in [1.165, 1.54) is 0 Å². The molecule has 0 aliphatic carbocycles. The van der Waals surface area contributed by atoms with E-state index in [0.717, 1.165) is 34.7 Å². The molecule has 0 saturated heterocycles. The molecule has 0 amide bonds. The van der Waals surface area contributed by atoms with Crippen molar-refractivity contribution in [2.45, 2.75) is 19.9 Å². The average Bonchev–Trinajstić information content (AvgIpc) is 2.99. The maximum Gasteiger partial charge on any atom is 0.160 e. The normalized spacial score (nSPS) is 11.3. The molecule has 0 aliphatic rings. The molecular formula is C13H13ClN4S. The molecule has 0 bridgehead atoms. The quantitative estimate of drug-likeness (QED) is 0.694. The molecule has 6 heteroatoms. The summed E-state index contributed by atoms with van der Waals surface area (Å²) in [7, 11) is 0. The van der Waals surface area contributed by atoms with Crippen LogP contribution in [0.2, 0.25) is 0 Å². The number of fused-ring (bicyclic) bond motifs is 1. The largest absolute Gasteiger partial charge is 0.307 e. The van der Waals surface area contributed by atoms with Gasteiger partial charge in [-0.3, -0.25) is 0 Å². The first-order chi connectivity index (χ1) is 9.28. The van der Waals surface area contributed by atoms with Crippen molar-refractivity contribution in [1.29, 1.82) is 0 Å². The molecule has 98 valence electrons. The summed E-state index contributed by atoms with van der Waals surface area (Å²) in [6.07, 6.45) is 2.60. The third-order valence-electron chi connectivity index (χ3n) is 2.92. The lowest BCUT2D eigenvalue weighted by Gasteiger charge is -2.05. The van der Waals surface area contributed by atoms with Crippen LogP contribution in [0.1, 0.15) is 17.1 Å². The molecule has 4 nitrogen and oxygen atoms in total. The van der Waals surface area contributed by atoms with Crippen LogP contribution < -0.4 is 0 Å². The molecule has 0 N–H and O–H groups in total. The number of thiazole rings is 1. The minimum atomic E-state index is 0.555. The third-order valence-corrected chi connectivity index (χ3v) is 3.75. The fourth-order valence-corrected chi connectivity index (χ4v) is 2.80.